The van der Waals surface area contributed by atoms with Gasteiger partial charge in [-0.3, -0.25) is 9.69 Å². The Morgan fingerprint density at radius 1 is 1.13 bits per heavy atom. The van der Waals surface area contributed by atoms with Crippen LogP contribution in [0.15, 0.2) is 30.3 Å². The second-order valence-electron chi connectivity index (χ2n) is 7.06. The quantitative estimate of drug-likeness (QED) is 0.767. The van der Waals surface area contributed by atoms with Crippen LogP contribution in [0.2, 0.25) is 0 Å². The average molecular weight is 316 g/mol. The Hall–Kier alpha value is -1.35. The molecule has 2 rings (SSSR count). The summed E-state index contributed by atoms with van der Waals surface area (Å²) < 4.78 is 0. The summed E-state index contributed by atoms with van der Waals surface area (Å²) in [4.78, 5) is 14.6. The number of carbonyl (C=O) groups is 1. The Morgan fingerprint density at radius 3 is 2.39 bits per heavy atom. The lowest BCUT2D eigenvalue weighted by molar-refractivity contribution is -0.122. The number of benzene rings is 1. The third-order valence-corrected chi connectivity index (χ3v) is 4.81. The van der Waals surface area contributed by atoms with E-state index in [0.717, 1.165) is 25.9 Å². The maximum Gasteiger partial charge on any atom is 0.221 e. The van der Waals surface area contributed by atoms with Crippen molar-refractivity contribution in [3.8, 4) is 0 Å². The van der Waals surface area contributed by atoms with Gasteiger partial charge in [-0.15, -0.1) is 0 Å². The van der Waals surface area contributed by atoms with Gasteiger partial charge < -0.3 is 5.32 Å². The monoisotopic (exact) mass is 316 g/mol. The van der Waals surface area contributed by atoms with Crippen LogP contribution >= 0.6 is 0 Å². The summed E-state index contributed by atoms with van der Waals surface area (Å²) in [5.74, 6) is 0.218. The van der Waals surface area contributed by atoms with Crippen LogP contribution in [0.3, 0.4) is 0 Å². The smallest absolute Gasteiger partial charge is 0.221 e. The molecular formula is C20H32N2O. The number of amides is 1. The highest BCUT2D eigenvalue weighted by Crippen LogP contribution is 2.17. The fraction of sp³-hybridized carbons (Fsp3) is 0.650. The Kier molecular flexibility index (Phi) is 7.60. The van der Waals surface area contributed by atoms with E-state index >= 15 is 0 Å². The zero-order valence-corrected chi connectivity index (χ0v) is 14.8. The summed E-state index contributed by atoms with van der Waals surface area (Å²) in [6.07, 6.45) is 8.08. The van der Waals surface area contributed by atoms with E-state index in [4.69, 9.17) is 0 Å². The fourth-order valence-corrected chi connectivity index (χ4v) is 3.31. The molecule has 1 amide bonds. The SMILES string of the molecule is CC(C)N(CCC(=O)NC1CCCCCC1)Cc1ccccc1. The van der Waals surface area contributed by atoms with E-state index in [1.165, 1.54) is 31.2 Å². The summed E-state index contributed by atoms with van der Waals surface area (Å²) in [7, 11) is 0. The molecule has 1 aliphatic rings. The van der Waals surface area contributed by atoms with Gasteiger partial charge in [0.05, 0.1) is 0 Å². The summed E-state index contributed by atoms with van der Waals surface area (Å²) in [6.45, 7) is 6.14. The molecule has 23 heavy (non-hydrogen) atoms. The summed E-state index contributed by atoms with van der Waals surface area (Å²) in [5.41, 5.74) is 1.31. The first-order valence-corrected chi connectivity index (χ1v) is 9.22. The number of carbonyl (C=O) groups excluding carboxylic acids is 1. The molecular weight excluding hydrogens is 284 g/mol. The first kappa shape index (κ1) is 18.0. The summed E-state index contributed by atoms with van der Waals surface area (Å²) in [5, 5.41) is 3.25. The van der Waals surface area contributed by atoms with Gasteiger partial charge >= 0.3 is 0 Å². The van der Waals surface area contributed by atoms with Crippen molar-refractivity contribution < 1.29 is 4.79 Å². The maximum absolute atomic E-state index is 12.3. The van der Waals surface area contributed by atoms with E-state index in [1.807, 2.05) is 6.07 Å². The third-order valence-electron chi connectivity index (χ3n) is 4.81. The van der Waals surface area contributed by atoms with Crippen LogP contribution in [0.25, 0.3) is 0 Å². The van der Waals surface area contributed by atoms with Gasteiger partial charge in [-0.2, -0.15) is 0 Å². The minimum atomic E-state index is 0.218. The maximum atomic E-state index is 12.3. The predicted molar refractivity (Wildman–Crippen MR) is 96.2 cm³/mol. The van der Waals surface area contributed by atoms with Crippen molar-refractivity contribution in [2.24, 2.45) is 0 Å². The molecule has 3 heteroatoms. The molecule has 0 aromatic heterocycles. The first-order valence-electron chi connectivity index (χ1n) is 9.22. The van der Waals surface area contributed by atoms with Gasteiger partial charge in [0.1, 0.15) is 0 Å². The lowest BCUT2D eigenvalue weighted by Gasteiger charge is -2.26. The fourth-order valence-electron chi connectivity index (χ4n) is 3.31. The minimum absolute atomic E-state index is 0.218. The standard InChI is InChI=1S/C20H32N2O/c1-17(2)22(16-18-10-6-5-7-11-18)15-14-20(23)21-19-12-8-3-4-9-13-19/h5-7,10-11,17,19H,3-4,8-9,12-16H2,1-2H3,(H,21,23). The molecule has 0 spiro atoms. The normalized spacial score (nSPS) is 16.5. The van der Waals surface area contributed by atoms with Gasteiger partial charge in [-0.25, -0.2) is 0 Å². The van der Waals surface area contributed by atoms with Crippen LogP contribution in [0.4, 0.5) is 0 Å². The van der Waals surface area contributed by atoms with Crippen molar-refractivity contribution >= 4 is 5.91 Å². The average Bonchev–Trinajstić information content (AvgIpc) is 2.80. The van der Waals surface area contributed by atoms with Crippen molar-refractivity contribution in [2.45, 2.75) is 77.4 Å². The molecule has 1 aromatic rings. The topological polar surface area (TPSA) is 32.3 Å². The zero-order valence-electron chi connectivity index (χ0n) is 14.8. The highest BCUT2D eigenvalue weighted by atomic mass is 16.1. The lowest BCUT2D eigenvalue weighted by Crippen LogP contribution is -2.38. The Bertz CT molecular complexity index is 450. The molecule has 0 radical (unpaired) electrons. The van der Waals surface area contributed by atoms with Gasteiger partial charge in [0, 0.05) is 31.6 Å². The van der Waals surface area contributed by atoms with Crippen LogP contribution in [0, 0.1) is 0 Å². The molecule has 0 atom stereocenters. The van der Waals surface area contributed by atoms with Gasteiger partial charge in [0.2, 0.25) is 5.91 Å². The lowest BCUT2D eigenvalue weighted by atomic mass is 10.1. The number of hydrogen-bond acceptors (Lipinski definition) is 2. The first-order chi connectivity index (χ1) is 11.1. The van der Waals surface area contributed by atoms with E-state index in [9.17, 15) is 4.79 Å². The molecule has 0 bridgehead atoms. The Morgan fingerprint density at radius 2 is 1.78 bits per heavy atom. The molecule has 0 heterocycles. The molecule has 1 aromatic carbocycles. The van der Waals surface area contributed by atoms with Gasteiger partial charge in [-0.1, -0.05) is 56.0 Å². The van der Waals surface area contributed by atoms with Gasteiger partial charge in [-0.05, 0) is 32.3 Å². The van der Waals surface area contributed by atoms with Crippen molar-refractivity contribution in [1.29, 1.82) is 0 Å². The Balaban J connectivity index is 1.77. The van der Waals surface area contributed by atoms with Crippen molar-refractivity contribution in [3.63, 3.8) is 0 Å². The minimum Gasteiger partial charge on any atom is -0.353 e. The molecule has 0 aliphatic heterocycles. The second kappa shape index (κ2) is 9.71. The van der Waals surface area contributed by atoms with E-state index in [0.29, 0.717) is 18.5 Å². The summed E-state index contributed by atoms with van der Waals surface area (Å²) >= 11 is 0. The Labute approximate surface area is 141 Å². The zero-order chi connectivity index (χ0) is 16.5. The van der Waals surface area contributed by atoms with Crippen LogP contribution in [0.1, 0.15) is 64.4 Å². The number of rotatable bonds is 7. The van der Waals surface area contributed by atoms with Crippen molar-refractivity contribution in [3.05, 3.63) is 35.9 Å². The van der Waals surface area contributed by atoms with Crippen LogP contribution in [-0.2, 0) is 11.3 Å². The molecule has 0 unspecified atom stereocenters. The van der Waals surface area contributed by atoms with E-state index < -0.39 is 0 Å². The van der Waals surface area contributed by atoms with Crippen LogP contribution < -0.4 is 5.32 Å². The summed E-state index contributed by atoms with van der Waals surface area (Å²) in [6, 6.07) is 11.4. The highest BCUT2D eigenvalue weighted by Gasteiger charge is 2.16. The van der Waals surface area contributed by atoms with Gasteiger partial charge in [0.25, 0.3) is 0 Å². The molecule has 128 valence electrons. The molecule has 1 saturated carbocycles. The van der Waals surface area contributed by atoms with E-state index in [-0.39, 0.29) is 5.91 Å². The molecule has 0 saturated heterocycles. The van der Waals surface area contributed by atoms with Crippen molar-refractivity contribution in [1.82, 2.24) is 10.2 Å². The van der Waals surface area contributed by atoms with Crippen molar-refractivity contribution in [2.75, 3.05) is 6.54 Å². The molecule has 3 nitrogen and oxygen atoms in total. The largest absolute Gasteiger partial charge is 0.353 e. The van der Waals surface area contributed by atoms with Crippen LogP contribution in [-0.4, -0.2) is 29.4 Å². The number of nitrogens with one attached hydrogen (secondary N) is 1. The molecule has 1 aliphatic carbocycles. The molecule has 1 N–H and O–H groups in total. The van der Waals surface area contributed by atoms with Crippen LogP contribution in [0.5, 0.6) is 0 Å². The second-order valence-corrected chi connectivity index (χ2v) is 7.06. The highest BCUT2D eigenvalue weighted by molar-refractivity contribution is 5.76. The third kappa shape index (κ3) is 6.74. The number of nitrogens with zero attached hydrogens (tertiary/aromatic N) is 1. The number of hydrogen-bond donors (Lipinski definition) is 1. The van der Waals surface area contributed by atoms with E-state index in [2.05, 4.69) is 48.3 Å². The predicted octanol–water partition coefficient (Wildman–Crippen LogP) is 4.13. The van der Waals surface area contributed by atoms with E-state index in [1.54, 1.807) is 0 Å². The molecule has 1 fully saturated rings. The van der Waals surface area contributed by atoms with Gasteiger partial charge in [0.15, 0.2) is 0 Å².